The number of aromatic nitrogens is 1. The lowest BCUT2D eigenvalue weighted by molar-refractivity contribution is -0.142. The zero-order chi connectivity index (χ0) is 36.3. The van der Waals surface area contributed by atoms with Crippen molar-refractivity contribution >= 4 is 85.9 Å². The topological polar surface area (TPSA) is 183 Å². The SMILES string of the molecule is O=C(O)c1ccc([C@H]2C[C@H](C(=O)N[C@@H](Cc3ccc(NC(=O)c4c(Cl)cncc4Cl)cc3)C(=O)O)N(S(=O)(=O)c3cc(Cl)cc(Cl)c3)C2)cc1. The van der Waals surface area contributed by atoms with Gasteiger partial charge in [0.25, 0.3) is 5.91 Å². The van der Waals surface area contributed by atoms with E-state index in [0.717, 1.165) is 4.31 Å². The minimum Gasteiger partial charge on any atom is -0.480 e. The molecule has 260 valence electrons. The number of nitrogens with zero attached hydrogens (tertiary/aromatic N) is 2. The molecule has 0 saturated carbocycles. The molecule has 5 rings (SSSR count). The lowest BCUT2D eigenvalue weighted by Crippen LogP contribution is -2.51. The van der Waals surface area contributed by atoms with E-state index in [9.17, 15) is 37.8 Å². The number of amides is 2. The van der Waals surface area contributed by atoms with Gasteiger partial charge < -0.3 is 20.8 Å². The second-order valence-corrected chi connectivity index (χ2v) is 14.9. The molecule has 1 aliphatic heterocycles. The molecule has 4 aromatic rings. The van der Waals surface area contributed by atoms with E-state index >= 15 is 0 Å². The Morgan fingerprint density at radius 1 is 0.880 bits per heavy atom. The van der Waals surface area contributed by atoms with Gasteiger partial charge in [0.1, 0.15) is 12.1 Å². The smallest absolute Gasteiger partial charge is 0.335 e. The number of rotatable bonds is 11. The maximum absolute atomic E-state index is 13.9. The van der Waals surface area contributed by atoms with Crippen molar-refractivity contribution in [2.75, 3.05) is 11.9 Å². The predicted molar refractivity (Wildman–Crippen MR) is 187 cm³/mol. The van der Waals surface area contributed by atoms with E-state index in [4.69, 9.17) is 46.4 Å². The van der Waals surface area contributed by atoms with Crippen LogP contribution in [-0.4, -0.2) is 70.3 Å². The van der Waals surface area contributed by atoms with Crippen molar-refractivity contribution in [2.24, 2.45) is 0 Å². The maximum atomic E-state index is 13.9. The van der Waals surface area contributed by atoms with E-state index in [2.05, 4.69) is 15.6 Å². The Morgan fingerprint density at radius 2 is 1.48 bits per heavy atom. The molecule has 1 aliphatic rings. The first kappa shape index (κ1) is 37.0. The zero-order valence-corrected chi connectivity index (χ0v) is 29.4. The van der Waals surface area contributed by atoms with Crippen LogP contribution in [-0.2, 0) is 26.0 Å². The first-order chi connectivity index (χ1) is 23.6. The van der Waals surface area contributed by atoms with E-state index in [-0.39, 0.29) is 55.5 Å². The molecule has 0 radical (unpaired) electrons. The maximum Gasteiger partial charge on any atom is 0.335 e. The van der Waals surface area contributed by atoms with Crippen molar-refractivity contribution in [2.45, 2.75) is 35.7 Å². The average Bonchev–Trinajstić information content (AvgIpc) is 3.52. The Kier molecular flexibility index (Phi) is 11.4. The molecule has 50 heavy (non-hydrogen) atoms. The van der Waals surface area contributed by atoms with Crippen molar-refractivity contribution in [3.63, 3.8) is 0 Å². The summed E-state index contributed by atoms with van der Waals surface area (Å²) in [4.78, 5) is 53.7. The number of aliphatic carboxylic acids is 1. The van der Waals surface area contributed by atoms with Gasteiger partial charge in [-0.2, -0.15) is 4.31 Å². The van der Waals surface area contributed by atoms with Crippen molar-refractivity contribution in [3.05, 3.63) is 121 Å². The van der Waals surface area contributed by atoms with Gasteiger partial charge in [0.2, 0.25) is 15.9 Å². The minimum atomic E-state index is -4.39. The number of carbonyl (C=O) groups excluding carboxylic acids is 2. The van der Waals surface area contributed by atoms with E-state index in [1.807, 2.05) is 0 Å². The molecule has 1 saturated heterocycles. The summed E-state index contributed by atoms with van der Waals surface area (Å²) in [6.45, 7) is -0.169. The van der Waals surface area contributed by atoms with Crippen LogP contribution in [0.3, 0.4) is 0 Å². The lowest BCUT2D eigenvalue weighted by atomic mass is 9.95. The van der Waals surface area contributed by atoms with Crippen molar-refractivity contribution < 1.29 is 37.8 Å². The first-order valence-corrected chi connectivity index (χ1v) is 17.6. The normalized spacial score (nSPS) is 16.8. The summed E-state index contributed by atoms with van der Waals surface area (Å²) in [6.07, 6.45) is 2.34. The highest BCUT2D eigenvalue weighted by Crippen LogP contribution is 2.37. The Bertz CT molecular complexity index is 2040. The molecule has 1 aromatic heterocycles. The molecule has 0 spiro atoms. The Balaban J connectivity index is 1.36. The van der Waals surface area contributed by atoms with Gasteiger partial charge in [0.15, 0.2) is 0 Å². The third kappa shape index (κ3) is 8.37. The molecular weight excluding hydrogens is 754 g/mol. The number of halogens is 4. The van der Waals surface area contributed by atoms with Gasteiger partial charge in [0, 0.05) is 41.1 Å². The van der Waals surface area contributed by atoms with Gasteiger partial charge in [-0.1, -0.05) is 70.7 Å². The second-order valence-electron chi connectivity index (χ2n) is 11.3. The van der Waals surface area contributed by atoms with Crippen LogP contribution >= 0.6 is 46.4 Å². The number of hydrogen-bond acceptors (Lipinski definition) is 7. The average molecular weight is 780 g/mol. The highest BCUT2D eigenvalue weighted by atomic mass is 35.5. The Morgan fingerprint density at radius 3 is 2.04 bits per heavy atom. The largest absolute Gasteiger partial charge is 0.480 e. The molecule has 2 heterocycles. The van der Waals surface area contributed by atoms with E-state index in [0.29, 0.717) is 16.8 Å². The highest BCUT2D eigenvalue weighted by Gasteiger charge is 2.45. The lowest BCUT2D eigenvalue weighted by Gasteiger charge is -2.25. The fourth-order valence-corrected chi connectivity index (χ4v) is 8.42. The van der Waals surface area contributed by atoms with Crippen molar-refractivity contribution in [1.29, 1.82) is 0 Å². The summed E-state index contributed by atoms with van der Waals surface area (Å²) in [6, 6.07) is 12.9. The Hall–Kier alpha value is -4.24. The monoisotopic (exact) mass is 778 g/mol. The van der Waals surface area contributed by atoms with Gasteiger partial charge >= 0.3 is 11.9 Å². The highest BCUT2D eigenvalue weighted by molar-refractivity contribution is 7.89. The fraction of sp³-hybridized carbons (Fsp3) is 0.182. The summed E-state index contributed by atoms with van der Waals surface area (Å²) in [7, 11) is -4.39. The van der Waals surface area contributed by atoms with Crippen LogP contribution in [0.1, 0.15) is 44.2 Å². The van der Waals surface area contributed by atoms with Gasteiger partial charge in [-0.05, 0) is 65.9 Å². The van der Waals surface area contributed by atoms with Gasteiger partial charge in [-0.25, -0.2) is 18.0 Å². The molecule has 4 N–H and O–H groups in total. The summed E-state index contributed by atoms with van der Waals surface area (Å²) >= 11 is 24.3. The molecule has 3 aromatic carbocycles. The molecule has 12 nitrogen and oxygen atoms in total. The third-order valence-electron chi connectivity index (χ3n) is 7.98. The number of anilines is 1. The second kappa shape index (κ2) is 15.3. The Labute approximate surface area is 306 Å². The minimum absolute atomic E-state index is 0.0290. The van der Waals surface area contributed by atoms with Crippen LogP contribution in [0.25, 0.3) is 0 Å². The van der Waals surface area contributed by atoms with Gasteiger partial charge in [-0.3, -0.25) is 14.6 Å². The molecule has 3 atom stereocenters. The number of aromatic carboxylic acids is 1. The van der Waals surface area contributed by atoms with Gasteiger partial charge in [-0.15, -0.1) is 0 Å². The van der Waals surface area contributed by atoms with E-state index in [1.54, 1.807) is 24.3 Å². The van der Waals surface area contributed by atoms with Crippen LogP contribution in [0.4, 0.5) is 5.69 Å². The molecule has 0 bridgehead atoms. The number of carboxylic acids is 2. The standard InChI is InChI=1S/C33H26Cl4N4O8S/c34-21-11-22(35)13-24(12-21)50(48,49)41-16-20(18-3-5-19(6-4-18)32(44)45)10-28(41)30(42)40-27(33(46)47)9-17-1-7-23(8-2-17)39-31(43)29-25(36)14-38-15-26(29)37/h1-8,11-15,20,27-28H,9-10,16H2,(H,39,43)(H,40,42)(H,44,45)(H,46,47)/t20-,27-,28+/m0/s1. The number of hydrogen-bond donors (Lipinski definition) is 4. The van der Waals surface area contributed by atoms with Gasteiger partial charge in [0.05, 0.1) is 26.1 Å². The number of nitrogens with one attached hydrogen (secondary N) is 2. The van der Waals surface area contributed by atoms with Crippen LogP contribution in [0.2, 0.25) is 20.1 Å². The number of carbonyl (C=O) groups is 4. The number of sulfonamides is 1. The van der Waals surface area contributed by atoms with Crippen LogP contribution in [0.15, 0.2) is 84.0 Å². The summed E-state index contributed by atoms with van der Waals surface area (Å²) in [5.74, 6) is -4.48. The third-order valence-corrected chi connectivity index (χ3v) is 10.8. The summed E-state index contributed by atoms with van der Waals surface area (Å²) < 4.78 is 28.8. The van der Waals surface area contributed by atoms with Crippen LogP contribution < -0.4 is 10.6 Å². The number of benzene rings is 3. The van der Waals surface area contributed by atoms with E-state index in [1.165, 1.54) is 54.9 Å². The fourth-order valence-electron chi connectivity index (χ4n) is 5.51. The molecular formula is C33H26Cl4N4O8S. The zero-order valence-electron chi connectivity index (χ0n) is 25.5. The summed E-state index contributed by atoms with van der Waals surface area (Å²) in [5.41, 5.74) is 1.49. The number of carboxylic acid groups (broad SMARTS) is 2. The molecule has 2 amide bonds. The van der Waals surface area contributed by atoms with Crippen molar-refractivity contribution in [3.8, 4) is 0 Å². The summed E-state index contributed by atoms with van der Waals surface area (Å²) in [5, 5.41) is 24.7. The molecule has 0 unspecified atom stereocenters. The number of pyridine rings is 1. The quantitative estimate of drug-likeness (QED) is 0.142. The van der Waals surface area contributed by atoms with E-state index < -0.39 is 51.8 Å². The predicted octanol–water partition coefficient (Wildman–Crippen LogP) is 6.00. The van der Waals surface area contributed by atoms with Crippen LogP contribution in [0.5, 0.6) is 0 Å². The van der Waals surface area contributed by atoms with Crippen molar-refractivity contribution in [1.82, 2.24) is 14.6 Å². The molecule has 1 fully saturated rings. The molecule has 17 heteroatoms. The molecule has 0 aliphatic carbocycles. The first-order valence-electron chi connectivity index (χ1n) is 14.7. The van der Waals surface area contributed by atoms with Crippen LogP contribution in [0, 0.1) is 0 Å².